The Bertz CT molecular complexity index is 1000. The van der Waals surface area contributed by atoms with Crippen molar-refractivity contribution in [2.24, 2.45) is 5.73 Å². The predicted octanol–water partition coefficient (Wildman–Crippen LogP) is 2.96. The lowest BCUT2D eigenvalue weighted by molar-refractivity contribution is -0.274. The average Bonchev–Trinajstić information content (AvgIpc) is 2.99. The fraction of sp³-hybridized carbons (Fsp3) is 0.211. The number of nitrogens with two attached hydrogens (primary N) is 1. The minimum Gasteiger partial charge on any atom is -0.406 e. The van der Waals surface area contributed by atoms with Crippen molar-refractivity contribution >= 4 is 11.7 Å². The molecule has 0 radical (unpaired) electrons. The zero-order chi connectivity index (χ0) is 21.0. The van der Waals surface area contributed by atoms with Gasteiger partial charge in [-0.05, 0) is 29.8 Å². The second kappa shape index (κ2) is 8.21. The van der Waals surface area contributed by atoms with Gasteiger partial charge in [0, 0.05) is 19.7 Å². The van der Waals surface area contributed by atoms with E-state index in [0.717, 1.165) is 0 Å². The molecule has 10 heteroatoms. The van der Waals surface area contributed by atoms with Crippen molar-refractivity contribution < 1.29 is 22.7 Å². The first-order chi connectivity index (χ1) is 13.8. The highest BCUT2D eigenvalue weighted by Gasteiger charge is 2.31. The van der Waals surface area contributed by atoms with Crippen LogP contribution in [0.1, 0.15) is 27.6 Å². The van der Waals surface area contributed by atoms with Crippen LogP contribution in [0.5, 0.6) is 5.75 Å². The van der Waals surface area contributed by atoms with Crippen LogP contribution in [0.2, 0.25) is 0 Å². The molecule has 0 saturated heterocycles. The number of aromatic nitrogens is 3. The second-order valence-electron chi connectivity index (χ2n) is 6.12. The highest BCUT2D eigenvalue weighted by Crippen LogP contribution is 2.25. The molecule has 0 bridgehead atoms. The molecule has 0 unspecified atom stereocenters. The van der Waals surface area contributed by atoms with Crippen molar-refractivity contribution in [2.45, 2.75) is 19.3 Å². The number of primary amides is 1. The first-order valence-corrected chi connectivity index (χ1v) is 8.58. The molecule has 0 atom stereocenters. The summed E-state index contributed by atoms with van der Waals surface area (Å²) in [6, 6.07) is 10.9. The van der Waals surface area contributed by atoms with Crippen molar-refractivity contribution in [3.05, 3.63) is 71.4 Å². The molecule has 0 spiro atoms. The minimum atomic E-state index is -4.78. The number of carbonyl (C=O) groups excluding carboxylic acids is 1. The smallest absolute Gasteiger partial charge is 0.406 e. The molecule has 0 saturated carbocycles. The van der Waals surface area contributed by atoms with E-state index in [0.29, 0.717) is 17.1 Å². The molecule has 2 aromatic heterocycles. The topological polar surface area (TPSA) is 95.1 Å². The zero-order valence-corrected chi connectivity index (χ0v) is 15.4. The largest absolute Gasteiger partial charge is 0.573 e. The van der Waals surface area contributed by atoms with Gasteiger partial charge in [0.05, 0.1) is 12.2 Å². The van der Waals surface area contributed by atoms with E-state index in [2.05, 4.69) is 20.0 Å². The summed E-state index contributed by atoms with van der Waals surface area (Å²) >= 11 is 0. The number of benzene rings is 1. The molecule has 0 aliphatic heterocycles. The predicted molar refractivity (Wildman–Crippen MR) is 99.6 cm³/mol. The van der Waals surface area contributed by atoms with Gasteiger partial charge in [-0.25, -0.2) is 4.98 Å². The number of halogens is 3. The normalized spacial score (nSPS) is 11.3. The van der Waals surface area contributed by atoms with Crippen LogP contribution in [0.4, 0.5) is 19.0 Å². The van der Waals surface area contributed by atoms with Gasteiger partial charge >= 0.3 is 6.36 Å². The Hall–Kier alpha value is -3.56. The molecular weight excluding hydrogens is 387 g/mol. The molecule has 7 nitrogen and oxygen atoms in total. The number of pyridine rings is 1. The molecule has 3 N–H and O–H groups in total. The number of amides is 1. The molecule has 152 valence electrons. The number of nitrogens with zero attached hydrogens (tertiary/aromatic N) is 3. The number of imidazole rings is 1. The molecule has 29 heavy (non-hydrogen) atoms. The summed E-state index contributed by atoms with van der Waals surface area (Å²) in [7, 11) is 1.60. The van der Waals surface area contributed by atoms with E-state index < -0.39 is 12.3 Å². The molecule has 0 fully saturated rings. The Morgan fingerprint density at radius 3 is 2.66 bits per heavy atom. The van der Waals surface area contributed by atoms with Gasteiger partial charge in [0.2, 0.25) is 0 Å². The standard InChI is InChI=1S/C19H18F3N5O2/c1-24-18-16(17(23)28)27(11-13-6-2-3-8-25-13)15(26-18)10-12-5-4-7-14(9-12)29-19(20,21)22/h2-9,24H,10-11H2,1H3,(H2,23,28). The number of rotatable bonds is 7. The van der Waals surface area contributed by atoms with Crippen molar-refractivity contribution in [1.29, 1.82) is 0 Å². The summed E-state index contributed by atoms with van der Waals surface area (Å²) in [5.41, 5.74) is 6.90. The lowest BCUT2D eigenvalue weighted by Gasteiger charge is -2.12. The minimum absolute atomic E-state index is 0.157. The Labute approximate surface area is 164 Å². The molecular formula is C19H18F3N5O2. The fourth-order valence-corrected chi connectivity index (χ4v) is 2.92. The van der Waals surface area contributed by atoms with Gasteiger partial charge in [0.1, 0.15) is 11.6 Å². The van der Waals surface area contributed by atoms with Gasteiger partial charge in [-0.15, -0.1) is 13.2 Å². The monoisotopic (exact) mass is 405 g/mol. The molecule has 3 rings (SSSR count). The number of anilines is 1. The maximum absolute atomic E-state index is 12.5. The van der Waals surface area contributed by atoms with Crippen molar-refractivity contribution in [3.8, 4) is 5.75 Å². The third kappa shape index (κ3) is 5.03. The summed E-state index contributed by atoms with van der Waals surface area (Å²) < 4.78 is 43.1. The van der Waals surface area contributed by atoms with E-state index >= 15 is 0 Å². The van der Waals surface area contributed by atoms with E-state index in [-0.39, 0.29) is 30.2 Å². The lowest BCUT2D eigenvalue weighted by atomic mass is 10.1. The van der Waals surface area contributed by atoms with E-state index in [1.54, 1.807) is 42.1 Å². The van der Waals surface area contributed by atoms with Gasteiger partial charge in [0.15, 0.2) is 11.5 Å². The third-order valence-electron chi connectivity index (χ3n) is 4.06. The van der Waals surface area contributed by atoms with Crippen LogP contribution in [0.15, 0.2) is 48.7 Å². The van der Waals surface area contributed by atoms with Crippen LogP contribution in [0.3, 0.4) is 0 Å². The Morgan fingerprint density at radius 1 is 1.24 bits per heavy atom. The molecule has 0 aliphatic rings. The molecule has 1 aromatic carbocycles. The van der Waals surface area contributed by atoms with Crippen LogP contribution >= 0.6 is 0 Å². The summed E-state index contributed by atoms with van der Waals surface area (Å²) in [6.45, 7) is 0.224. The third-order valence-corrected chi connectivity index (χ3v) is 4.06. The molecule has 1 amide bonds. The number of nitrogens with one attached hydrogen (secondary N) is 1. The Balaban J connectivity index is 1.98. The van der Waals surface area contributed by atoms with Crippen molar-refractivity contribution in [3.63, 3.8) is 0 Å². The number of carbonyl (C=O) groups is 1. The number of hydrogen-bond acceptors (Lipinski definition) is 5. The number of hydrogen-bond donors (Lipinski definition) is 2. The van der Waals surface area contributed by atoms with Gasteiger partial charge in [-0.3, -0.25) is 9.78 Å². The average molecular weight is 405 g/mol. The number of alkyl halides is 3. The fourth-order valence-electron chi connectivity index (χ4n) is 2.92. The summed E-state index contributed by atoms with van der Waals surface area (Å²) in [4.78, 5) is 20.7. The molecule has 0 aliphatic carbocycles. The quantitative estimate of drug-likeness (QED) is 0.630. The highest BCUT2D eigenvalue weighted by atomic mass is 19.4. The highest BCUT2D eigenvalue weighted by molar-refractivity contribution is 5.96. The second-order valence-corrected chi connectivity index (χ2v) is 6.12. The summed E-state index contributed by atoms with van der Waals surface area (Å²) in [6.07, 6.45) is -3.01. The number of ether oxygens (including phenoxy) is 1. The van der Waals surface area contributed by atoms with Gasteiger partial charge < -0.3 is 20.4 Å². The van der Waals surface area contributed by atoms with Gasteiger partial charge in [-0.1, -0.05) is 18.2 Å². The van der Waals surface area contributed by atoms with Crippen LogP contribution < -0.4 is 15.8 Å². The van der Waals surface area contributed by atoms with Crippen LogP contribution in [-0.4, -0.2) is 33.9 Å². The Kier molecular flexibility index (Phi) is 5.71. The van der Waals surface area contributed by atoms with E-state index in [9.17, 15) is 18.0 Å². The first kappa shape index (κ1) is 20.2. The summed E-state index contributed by atoms with van der Waals surface area (Å²) in [5.74, 6) is -0.288. The van der Waals surface area contributed by atoms with Crippen LogP contribution in [-0.2, 0) is 13.0 Å². The van der Waals surface area contributed by atoms with Crippen molar-refractivity contribution in [1.82, 2.24) is 14.5 Å². The SMILES string of the molecule is CNc1nc(Cc2cccc(OC(F)(F)F)c2)n(Cc2ccccn2)c1C(N)=O. The van der Waals surface area contributed by atoms with Gasteiger partial charge in [0.25, 0.3) is 5.91 Å². The van der Waals surface area contributed by atoms with E-state index in [1.165, 1.54) is 18.2 Å². The molecule has 3 aromatic rings. The van der Waals surface area contributed by atoms with Crippen LogP contribution in [0.25, 0.3) is 0 Å². The lowest BCUT2D eigenvalue weighted by Crippen LogP contribution is -2.20. The van der Waals surface area contributed by atoms with Gasteiger partial charge in [-0.2, -0.15) is 0 Å². The summed E-state index contributed by atoms with van der Waals surface area (Å²) in [5, 5.41) is 2.83. The Morgan fingerprint density at radius 2 is 2.03 bits per heavy atom. The molecule has 2 heterocycles. The first-order valence-electron chi connectivity index (χ1n) is 8.58. The van der Waals surface area contributed by atoms with Crippen LogP contribution in [0, 0.1) is 0 Å². The van der Waals surface area contributed by atoms with E-state index in [4.69, 9.17) is 5.73 Å². The van der Waals surface area contributed by atoms with E-state index in [1.807, 2.05) is 0 Å². The zero-order valence-electron chi connectivity index (χ0n) is 15.4. The maximum atomic E-state index is 12.5. The van der Waals surface area contributed by atoms with Crippen molar-refractivity contribution in [2.75, 3.05) is 12.4 Å². The maximum Gasteiger partial charge on any atom is 0.573 e.